The van der Waals surface area contributed by atoms with Crippen LogP contribution in [0.4, 0.5) is 4.79 Å². The Bertz CT molecular complexity index is 514. The summed E-state index contributed by atoms with van der Waals surface area (Å²) in [5.74, 6) is -0.452. The van der Waals surface area contributed by atoms with Gasteiger partial charge in [0.05, 0.1) is 5.41 Å². The standard InChI is InChI=1S/C18H32NO7P/c1-12(25-16(21)18(2,3)4)26-17(22)19-11-10-14(20)15(27(23)24)13-8-6-5-7-9-13/h12-15,20H,5-11H2,1-4H3,(H-,19,22,23,24)/p+1/t12-,14-,15-/m0/s1. The van der Waals surface area contributed by atoms with E-state index in [0.29, 0.717) is 0 Å². The quantitative estimate of drug-likeness (QED) is 0.322. The number of amides is 1. The van der Waals surface area contributed by atoms with E-state index in [1.165, 1.54) is 6.92 Å². The van der Waals surface area contributed by atoms with E-state index in [-0.39, 0.29) is 18.9 Å². The Morgan fingerprint density at radius 1 is 1.19 bits per heavy atom. The monoisotopic (exact) mass is 406 g/mol. The van der Waals surface area contributed by atoms with E-state index in [1.54, 1.807) is 20.8 Å². The second-order valence-electron chi connectivity index (χ2n) is 8.10. The molecule has 1 rings (SSSR count). The largest absolute Gasteiger partial charge is 0.511 e. The maximum atomic E-state index is 11.8. The third-order valence-corrected chi connectivity index (χ3v) is 5.93. The highest BCUT2D eigenvalue weighted by Crippen LogP contribution is 2.40. The number of hydrogen-bond donors (Lipinski definition) is 3. The zero-order chi connectivity index (χ0) is 20.6. The minimum Gasteiger partial charge on any atom is -0.425 e. The van der Waals surface area contributed by atoms with E-state index in [9.17, 15) is 24.2 Å². The molecule has 0 radical (unpaired) electrons. The number of aliphatic hydroxyl groups is 1. The molecule has 1 aliphatic carbocycles. The zero-order valence-corrected chi connectivity index (χ0v) is 17.5. The molecule has 0 aliphatic heterocycles. The molecular weight excluding hydrogens is 373 g/mol. The van der Waals surface area contributed by atoms with Gasteiger partial charge in [0.1, 0.15) is 6.10 Å². The number of esters is 1. The zero-order valence-electron chi connectivity index (χ0n) is 16.6. The minimum absolute atomic E-state index is 0.0335. The Morgan fingerprint density at radius 3 is 2.30 bits per heavy atom. The molecule has 3 N–H and O–H groups in total. The lowest BCUT2D eigenvalue weighted by Gasteiger charge is -2.25. The molecule has 0 bridgehead atoms. The van der Waals surface area contributed by atoms with Crippen LogP contribution < -0.4 is 5.32 Å². The van der Waals surface area contributed by atoms with Gasteiger partial charge < -0.3 is 19.9 Å². The second kappa shape index (κ2) is 10.9. The summed E-state index contributed by atoms with van der Waals surface area (Å²) in [7, 11) is -2.49. The van der Waals surface area contributed by atoms with Crippen molar-refractivity contribution < 1.29 is 33.6 Å². The van der Waals surface area contributed by atoms with Crippen LogP contribution in [0.15, 0.2) is 0 Å². The molecule has 0 aromatic rings. The van der Waals surface area contributed by atoms with Crippen molar-refractivity contribution in [2.24, 2.45) is 11.3 Å². The van der Waals surface area contributed by atoms with E-state index in [1.807, 2.05) is 0 Å². The molecule has 4 atom stereocenters. The van der Waals surface area contributed by atoms with Crippen molar-refractivity contribution in [3.05, 3.63) is 0 Å². The van der Waals surface area contributed by atoms with Gasteiger partial charge in [-0.2, -0.15) is 4.89 Å². The lowest BCUT2D eigenvalue weighted by Crippen LogP contribution is -2.37. The van der Waals surface area contributed by atoms with E-state index in [4.69, 9.17) is 9.47 Å². The first-order valence-corrected chi connectivity index (χ1v) is 10.8. The van der Waals surface area contributed by atoms with Crippen molar-refractivity contribution in [3.8, 4) is 0 Å². The van der Waals surface area contributed by atoms with Crippen LogP contribution in [0.3, 0.4) is 0 Å². The Morgan fingerprint density at radius 2 is 1.78 bits per heavy atom. The molecule has 156 valence electrons. The van der Waals surface area contributed by atoms with Gasteiger partial charge in [0.25, 0.3) is 0 Å². The molecular formula is C18H33NO7P+. The summed E-state index contributed by atoms with van der Waals surface area (Å²) in [6.07, 6.45) is 2.17. The van der Waals surface area contributed by atoms with Gasteiger partial charge in [0.2, 0.25) is 11.9 Å². The predicted octanol–water partition coefficient (Wildman–Crippen LogP) is 3.08. The smallest absolute Gasteiger partial charge is 0.425 e. The average Bonchev–Trinajstić information content (AvgIpc) is 2.54. The van der Waals surface area contributed by atoms with Crippen LogP contribution in [0.1, 0.15) is 66.2 Å². The highest BCUT2D eigenvalue weighted by molar-refractivity contribution is 7.39. The fourth-order valence-corrected chi connectivity index (χ4v) is 4.26. The maximum absolute atomic E-state index is 11.8. The lowest BCUT2D eigenvalue weighted by atomic mass is 9.84. The lowest BCUT2D eigenvalue weighted by molar-refractivity contribution is -0.174. The van der Waals surface area contributed by atoms with Crippen molar-refractivity contribution in [1.29, 1.82) is 0 Å². The molecule has 0 saturated heterocycles. The maximum Gasteiger partial charge on any atom is 0.511 e. The van der Waals surface area contributed by atoms with E-state index >= 15 is 0 Å². The number of carbonyl (C=O) groups excluding carboxylic acids is 2. The molecule has 1 unspecified atom stereocenters. The van der Waals surface area contributed by atoms with E-state index in [0.717, 1.165) is 32.1 Å². The van der Waals surface area contributed by atoms with Crippen molar-refractivity contribution >= 4 is 20.1 Å². The summed E-state index contributed by atoms with van der Waals surface area (Å²) in [6, 6.07) is 0. The van der Waals surface area contributed by atoms with Crippen molar-refractivity contribution in [1.82, 2.24) is 5.32 Å². The summed E-state index contributed by atoms with van der Waals surface area (Å²) in [4.78, 5) is 33.1. The van der Waals surface area contributed by atoms with Crippen molar-refractivity contribution in [3.63, 3.8) is 0 Å². The van der Waals surface area contributed by atoms with Crippen molar-refractivity contribution in [2.45, 2.75) is 84.3 Å². The third-order valence-electron chi connectivity index (χ3n) is 4.65. The first-order chi connectivity index (χ1) is 12.5. The Kier molecular flexibility index (Phi) is 9.63. The third kappa shape index (κ3) is 8.54. The number of alkyl carbamates (subject to hydrolysis) is 1. The Hall–Kier alpha value is -1.24. The van der Waals surface area contributed by atoms with Gasteiger partial charge >= 0.3 is 20.1 Å². The fourth-order valence-electron chi connectivity index (χ4n) is 3.15. The molecule has 0 aromatic heterocycles. The van der Waals surface area contributed by atoms with Crippen LogP contribution in [0.25, 0.3) is 0 Å². The number of ether oxygens (including phenoxy) is 2. The molecule has 1 fully saturated rings. The summed E-state index contributed by atoms with van der Waals surface area (Å²) >= 11 is 0. The molecule has 1 aliphatic rings. The second-order valence-corrected chi connectivity index (χ2v) is 9.30. The van der Waals surface area contributed by atoms with Crippen LogP contribution in [0, 0.1) is 11.3 Å². The predicted molar refractivity (Wildman–Crippen MR) is 100 cm³/mol. The fraction of sp³-hybridized carbons (Fsp3) is 0.889. The Labute approximate surface area is 161 Å². The highest BCUT2D eigenvalue weighted by Gasteiger charge is 2.43. The first kappa shape index (κ1) is 23.8. The van der Waals surface area contributed by atoms with E-state index in [2.05, 4.69) is 5.32 Å². The van der Waals surface area contributed by atoms with Gasteiger partial charge in [-0.05, 0) is 44.6 Å². The molecule has 1 amide bonds. The summed E-state index contributed by atoms with van der Waals surface area (Å²) in [5, 5.41) is 12.8. The highest BCUT2D eigenvalue weighted by atomic mass is 31.1. The van der Waals surface area contributed by atoms with Gasteiger partial charge in [-0.3, -0.25) is 4.79 Å². The molecule has 0 heterocycles. The molecule has 0 aromatic carbocycles. The number of rotatable bonds is 8. The Balaban J connectivity index is 2.38. The topological polar surface area (TPSA) is 122 Å². The van der Waals surface area contributed by atoms with E-state index < -0.39 is 43.6 Å². The summed E-state index contributed by atoms with van der Waals surface area (Å²) < 4.78 is 21.7. The van der Waals surface area contributed by atoms with Crippen molar-refractivity contribution in [2.75, 3.05) is 6.54 Å². The van der Waals surface area contributed by atoms with Crippen LogP contribution in [-0.4, -0.2) is 46.7 Å². The minimum atomic E-state index is -2.49. The number of nitrogens with one attached hydrogen (secondary N) is 1. The molecule has 27 heavy (non-hydrogen) atoms. The van der Waals surface area contributed by atoms with Gasteiger partial charge in [0.15, 0.2) is 0 Å². The summed E-state index contributed by atoms with van der Waals surface area (Å²) in [6.45, 7) is 6.61. The average molecular weight is 406 g/mol. The molecule has 9 heteroatoms. The van der Waals surface area contributed by atoms with Gasteiger partial charge in [-0.1, -0.05) is 19.3 Å². The summed E-state index contributed by atoms with van der Waals surface area (Å²) in [5.41, 5.74) is -1.38. The molecule has 8 nitrogen and oxygen atoms in total. The number of carbonyl (C=O) groups is 2. The van der Waals surface area contributed by atoms with Crippen LogP contribution in [0.5, 0.6) is 0 Å². The molecule has 0 spiro atoms. The normalized spacial score (nSPS) is 19.6. The van der Waals surface area contributed by atoms with Crippen LogP contribution in [-0.2, 0) is 18.8 Å². The molecule has 1 saturated carbocycles. The first-order valence-electron chi connectivity index (χ1n) is 9.51. The number of aliphatic hydroxyl groups excluding tert-OH is 1. The van der Waals surface area contributed by atoms with Crippen LogP contribution >= 0.6 is 8.03 Å². The van der Waals surface area contributed by atoms with Gasteiger partial charge in [0, 0.05) is 19.4 Å². The van der Waals surface area contributed by atoms with Gasteiger partial charge in [-0.25, -0.2) is 4.79 Å². The number of hydrogen-bond acceptors (Lipinski definition) is 6. The SMILES string of the molecule is C[C@H](OC(=O)NCC[C@H](O)[C@H](C1CCCCC1)[P+](=O)O)OC(=O)C(C)(C)C. The van der Waals surface area contributed by atoms with Gasteiger partial charge in [-0.15, -0.1) is 0 Å². The van der Waals surface area contributed by atoms with Crippen LogP contribution in [0.2, 0.25) is 0 Å².